The monoisotopic (exact) mass is 479 g/mol. The molecule has 0 unspecified atom stereocenters. The van der Waals surface area contributed by atoms with Gasteiger partial charge in [-0.25, -0.2) is 9.78 Å². The van der Waals surface area contributed by atoms with Crippen molar-refractivity contribution in [1.29, 1.82) is 0 Å². The van der Waals surface area contributed by atoms with Crippen LogP contribution in [0.25, 0.3) is 11.1 Å². The van der Waals surface area contributed by atoms with Gasteiger partial charge in [0, 0.05) is 23.2 Å². The first-order chi connectivity index (χ1) is 15.1. The van der Waals surface area contributed by atoms with E-state index in [1.54, 1.807) is 18.3 Å². The molecule has 0 spiro atoms. The Morgan fingerprint density at radius 1 is 1.19 bits per heavy atom. The second-order valence-electron chi connectivity index (χ2n) is 8.91. The fourth-order valence-electron chi connectivity index (χ4n) is 3.00. The normalized spacial score (nSPS) is 14.4. The van der Waals surface area contributed by atoms with Gasteiger partial charge in [-0.05, 0) is 57.4 Å². The number of hydrogen-bond acceptors (Lipinski definition) is 5. The maximum absolute atomic E-state index is 11.9. The van der Waals surface area contributed by atoms with E-state index in [1.807, 2.05) is 39.0 Å². The second kappa shape index (κ2) is 9.96. The van der Waals surface area contributed by atoms with Crippen LogP contribution >= 0.6 is 23.2 Å². The molecule has 1 aromatic carbocycles. The fourth-order valence-corrected chi connectivity index (χ4v) is 3.28. The van der Waals surface area contributed by atoms with Crippen LogP contribution < -0.4 is 15.4 Å². The van der Waals surface area contributed by atoms with Crippen molar-refractivity contribution in [3.63, 3.8) is 0 Å². The van der Waals surface area contributed by atoms with Crippen molar-refractivity contribution in [1.82, 2.24) is 10.3 Å². The number of hydrogen-bond donors (Lipinski definition) is 2. The van der Waals surface area contributed by atoms with Gasteiger partial charge in [0.15, 0.2) is 0 Å². The maximum Gasteiger partial charge on any atom is 0.407 e. The topological polar surface area (TPSA) is 89.6 Å². The summed E-state index contributed by atoms with van der Waals surface area (Å²) in [5.41, 5.74) is 1.57. The van der Waals surface area contributed by atoms with Crippen molar-refractivity contribution in [3.8, 4) is 16.9 Å². The predicted molar refractivity (Wildman–Crippen MR) is 125 cm³/mol. The van der Waals surface area contributed by atoms with Gasteiger partial charge in [0.25, 0.3) is 0 Å². The number of rotatable bonds is 8. The van der Waals surface area contributed by atoms with Crippen molar-refractivity contribution >= 4 is 40.9 Å². The molecule has 3 rings (SSSR count). The lowest BCUT2D eigenvalue weighted by Crippen LogP contribution is -2.37. The molecule has 1 aromatic heterocycles. The summed E-state index contributed by atoms with van der Waals surface area (Å²) in [5, 5.41) is 5.87. The highest BCUT2D eigenvalue weighted by Gasteiger charge is 2.44. The third-order valence-electron chi connectivity index (χ3n) is 4.92. The van der Waals surface area contributed by atoms with Gasteiger partial charge in [-0.15, -0.1) is 11.6 Å². The maximum atomic E-state index is 11.9. The van der Waals surface area contributed by atoms with Crippen LogP contribution in [-0.4, -0.2) is 41.6 Å². The molecular formula is C23H27Cl2N3O4. The zero-order valence-corrected chi connectivity index (χ0v) is 19.8. The van der Waals surface area contributed by atoms with E-state index >= 15 is 0 Å². The van der Waals surface area contributed by atoms with Crippen LogP contribution in [0, 0.1) is 5.41 Å². The standard InChI is InChI=1S/C23H27Cl2N3O4/c1-22(2,3)32-21(30)27-13-23(8-9-23)14-31-17-10-18(20(25)26-12-17)15-4-6-16(7-5-15)28-19(29)11-24/h4-7,10,12H,8-9,11,13-14H2,1-3H3,(H,27,30)(H,28,29). The largest absolute Gasteiger partial charge is 0.491 e. The molecule has 0 radical (unpaired) electrons. The van der Waals surface area contributed by atoms with E-state index in [4.69, 9.17) is 32.7 Å². The van der Waals surface area contributed by atoms with Gasteiger partial charge in [-0.3, -0.25) is 4.79 Å². The van der Waals surface area contributed by atoms with Crippen molar-refractivity contribution in [2.24, 2.45) is 5.41 Å². The average molecular weight is 480 g/mol. The van der Waals surface area contributed by atoms with E-state index in [0.717, 1.165) is 24.0 Å². The summed E-state index contributed by atoms with van der Waals surface area (Å²) in [7, 11) is 0. The van der Waals surface area contributed by atoms with E-state index in [2.05, 4.69) is 15.6 Å². The lowest BCUT2D eigenvalue weighted by molar-refractivity contribution is -0.113. The molecule has 1 fully saturated rings. The van der Waals surface area contributed by atoms with Crippen LogP contribution in [0.5, 0.6) is 5.75 Å². The van der Waals surface area contributed by atoms with Gasteiger partial charge >= 0.3 is 6.09 Å². The zero-order chi connectivity index (χ0) is 23.4. The number of nitrogens with zero attached hydrogens (tertiary/aromatic N) is 1. The highest BCUT2D eigenvalue weighted by atomic mass is 35.5. The Balaban J connectivity index is 1.60. The van der Waals surface area contributed by atoms with Gasteiger partial charge < -0.3 is 20.1 Å². The highest BCUT2D eigenvalue weighted by Crippen LogP contribution is 2.45. The quantitative estimate of drug-likeness (QED) is 0.397. The minimum Gasteiger partial charge on any atom is -0.491 e. The minimum absolute atomic E-state index is 0.0982. The molecule has 0 aliphatic heterocycles. The minimum atomic E-state index is -0.531. The predicted octanol–water partition coefficient (Wildman–Crippen LogP) is 5.26. The van der Waals surface area contributed by atoms with Crippen LogP contribution in [0.15, 0.2) is 36.5 Å². The molecule has 2 N–H and O–H groups in total. The SMILES string of the molecule is CC(C)(C)OC(=O)NCC1(COc2cnc(Cl)c(-c3ccc(NC(=O)CCl)cc3)c2)CC1. The van der Waals surface area contributed by atoms with Crippen molar-refractivity contribution < 1.29 is 19.1 Å². The Labute approximate surface area is 197 Å². The summed E-state index contributed by atoms with van der Waals surface area (Å²) in [6.07, 6.45) is 3.08. The molecule has 7 nitrogen and oxygen atoms in total. The molecular weight excluding hydrogens is 453 g/mol. The Morgan fingerprint density at radius 2 is 1.88 bits per heavy atom. The molecule has 9 heteroatoms. The molecule has 172 valence electrons. The molecule has 32 heavy (non-hydrogen) atoms. The van der Waals surface area contributed by atoms with Gasteiger partial charge in [0.05, 0.1) is 12.8 Å². The van der Waals surface area contributed by atoms with Gasteiger partial charge in [0.2, 0.25) is 5.91 Å². The molecule has 2 amide bonds. The molecule has 2 aromatic rings. The number of carbonyl (C=O) groups excluding carboxylic acids is 2. The number of carbonyl (C=O) groups is 2. The smallest absolute Gasteiger partial charge is 0.407 e. The summed E-state index contributed by atoms with van der Waals surface area (Å²) >= 11 is 11.8. The lowest BCUT2D eigenvalue weighted by atomic mass is 10.1. The Bertz CT molecular complexity index is 970. The first kappa shape index (κ1) is 24.1. The lowest BCUT2D eigenvalue weighted by Gasteiger charge is -2.22. The van der Waals surface area contributed by atoms with Crippen LogP contribution in [0.2, 0.25) is 5.15 Å². The second-order valence-corrected chi connectivity index (χ2v) is 9.54. The van der Waals surface area contributed by atoms with Crippen LogP contribution in [0.4, 0.5) is 10.5 Å². The first-order valence-electron chi connectivity index (χ1n) is 10.3. The third kappa shape index (κ3) is 7.00. The average Bonchev–Trinajstić information content (AvgIpc) is 3.51. The van der Waals surface area contributed by atoms with E-state index in [9.17, 15) is 9.59 Å². The number of ether oxygens (including phenoxy) is 2. The van der Waals surface area contributed by atoms with Crippen LogP contribution in [0.1, 0.15) is 33.6 Å². The van der Waals surface area contributed by atoms with Gasteiger partial charge in [0.1, 0.15) is 22.4 Å². The van der Waals surface area contributed by atoms with Crippen molar-refractivity contribution in [2.45, 2.75) is 39.2 Å². The number of halogens is 2. The Kier molecular flexibility index (Phi) is 7.51. The highest BCUT2D eigenvalue weighted by molar-refractivity contribution is 6.32. The summed E-state index contributed by atoms with van der Waals surface area (Å²) in [4.78, 5) is 27.6. The van der Waals surface area contributed by atoms with E-state index in [1.165, 1.54) is 0 Å². The molecule has 1 aliphatic rings. The molecule has 0 bridgehead atoms. The summed E-state index contributed by atoms with van der Waals surface area (Å²) in [6.45, 7) is 6.44. The summed E-state index contributed by atoms with van der Waals surface area (Å²) < 4.78 is 11.3. The summed E-state index contributed by atoms with van der Waals surface area (Å²) in [6, 6.07) is 9.04. The number of aromatic nitrogens is 1. The van der Waals surface area contributed by atoms with Crippen LogP contribution in [-0.2, 0) is 9.53 Å². The number of alkyl halides is 1. The summed E-state index contributed by atoms with van der Waals surface area (Å²) in [5.74, 6) is 0.211. The number of benzene rings is 1. The van der Waals surface area contributed by atoms with E-state index < -0.39 is 11.7 Å². The molecule has 0 saturated heterocycles. The van der Waals surface area contributed by atoms with Crippen LogP contribution in [0.3, 0.4) is 0 Å². The number of pyridine rings is 1. The Hall–Kier alpha value is -2.51. The number of nitrogens with one attached hydrogen (secondary N) is 2. The molecule has 1 heterocycles. The molecule has 0 atom stereocenters. The fraction of sp³-hybridized carbons (Fsp3) is 0.435. The van der Waals surface area contributed by atoms with E-state index in [-0.39, 0.29) is 17.2 Å². The zero-order valence-electron chi connectivity index (χ0n) is 18.3. The molecule has 1 aliphatic carbocycles. The van der Waals surface area contributed by atoms with Gasteiger partial charge in [-0.1, -0.05) is 23.7 Å². The van der Waals surface area contributed by atoms with Crippen molar-refractivity contribution in [3.05, 3.63) is 41.7 Å². The third-order valence-corrected chi connectivity index (χ3v) is 5.47. The number of alkyl carbamates (subject to hydrolysis) is 1. The Morgan fingerprint density at radius 3 is 2.47 bits per heavy atom. The molecule has 1 saturated carbocycles. The number of anilines is 1. The van der Waals surface area contributed by atoms with Crippen molar-refractivity contribution in [2.75, 3.05) is 24.3 Å². The first-order valence-corrected chi connectivity index (χ1v) is 11.2. The van der Waals surface area contributed by atoms with E-state index in [0.29, 0.717) is 29.7 Å². The number of amides is 2. The van der Waals surface area contributed by atoms with Gasteiger partial charge in [-0.2, -0.15) is 0 Å².